The van der Waals surface area contributed by atoms with E-state index in [1.54, 1.807) is 23.2 Å². The maximum absolute atomic E-state index is 5.76. The third-order valence-corrected chi connectivity index (χ3v) is 3.04. The Balaban J connectivity index is 2.51. The molecule has 0 amide bonds. The SMILES string of the molecule is CCNc1cc2c(cc(N)n2OC)s1. The van der Waals surface area contributed by atoms with Gasteiger partial charge in [0.2, 0.25) is 0 Å². The maximum Gasteiger partial charge on any atom is 0.141 e. The summed E-state index contributed by atoms with van der Waals surface area (Å²) in [4.78, 5) is 5.16. The number of nitrogen functional groups attached to an aromatic ring is 1. The van der Waals surface area contributed by atoms with E-state index in [2.05, 4.69) is 12.2 Å². The fraction of sp³-hybridized carbons (Fsp3) is 0.333. The molecule has 2 aromatic heterocycles. The molecular formula is C9H13N3OS. The topological polar surface area (TPSA) is 52.2 Å². The Morgan fingerprint density at radius 2 is 2.36 bits per heavy atom. The van der Waals surface area contributed by atoms with Crippen molar-refractivity contribution in [3.63, 3.8) is 0 Å². The van der Waals surface area contributed by atoms with Gasteiger partial charge in [-0.1, -0.05) is 0 Å². The van der Waals surface area contributed by atoms with Gasteiger partial charge in [0.15, 0.2) is 0 Å². The monoisotopic (exact) mass is 211 g/mol. The van der Waals surface area contributed by atoms with E-state index < -0.39 is 0 Å². The number of fused-ring (bicyclic) bond motifs is 1. The average Bonchev–Trinajstić information content (AvgIpc) is 2.61. The summed E-state index contributed by atoms with van der Waals surface area (Å²) in [5.74, 6) is 0.636. The van der Waals surface area contributed by atoms with Crippen LogP contribution < -0.4 is 15.9 Å². The molecule has 76 valence electrons. The van der Waals surface area contributed by atoms with Gasteiger partial charge in [-0.3, -0.25) is 0 Å². The van der Waals surface area contributed by atoms with Gasteiger partial charge in [0, 0.05) is 18.7 Å². The molecule has 0 aliphatic rings. The molecule has 0 aliphatic heterocycles. The minimum absolute atomic E-state index is 0.636. The van der Waals surface area contributed by atoms with Gasteiger partial charge in [-0.05, 0) is 6.92 Å². The number of hydrogen-bond donors (Lipinski definition) is 2. The number of nitrogens with one attached hydrogen (secondary N) is 1. The number of anilines is 2. The molecule has 5 heteroatoms. The maximum atomic E-state index is 5.76. The van der Waals surface area contributed by atoms with Crippen LogP contribution in [0.25, 0.3) is 10.2 Å². The lowest BCUT2D eigenvalue weighted by atomic mass is 10.5. The van der Waals surface area contributed by atoms with Crippen LogP contribution in [0.4, 0.5) is 10.8 Å². The molecule has 0 spiro atoms. The molecular weight excluding hydrogens is 198 g/mol. The minimum Gasteiger partial charge on any atom is -0.415 e. The third-order valence-electron chi connectivity index (χ3n) is 2.01. The van der Waals surface area contributed by atoms with E-state index in [0.29, 0.717) is 5.82 Å². The van der Waals surface area contributed by atoms with Crippen molar-refractivity contribution in [3.8, 4) is 0 Å². The molecule has 2 heterocycles. The van der Waals surface area contributed by atoms with Crippen LogP contribution in [-0.4, -0.2) is 18.4 Å². The standard InChI is InChI=1S/C9H13N3OS/c1-3-11-9-4-6-7(14-9)5-8(10)12(6)13-2/h4-5,11H,3,10H2,1-2H3. The summed E-state index contributed by atoms with van der Waals surface area (Å²) in [6.07, 6.45) is 0. The van der Waals surface area contributed by atoms with Gasteiger partial charge in [0.1, 0.15) is 18.4 Å². The van der Waals surface area contributed by atoms with Gasteiger partial charge >= 0.3 is 0 Å². The van der Waals surface area contributed by atoms with Gasteiger partial charge in [-0.15, -0.1) is 11.3 Å². The van der Waals surface area contributed by atoms with E-state index in [9.17, 15) is 0 Å². The molecule has 2 rings (SSSR count). The van der Waals surface area contributed by atoms with E-state index in [1.807, 2.05) is 12.1 Å². The molecule has 14 heavy (non-hydrogen) atoms. The fourth-order valence-corrected chi connectivity index (χ4v) is 2.50. The van der Waals surface area contributed by atoms with Gasteiger partial charge < -0.3 is 15.9 Å². The Morgan fingerprint density at radius 3 is 3.00 bits per heavy atom. The molecule has 0 fully saturated rings. The summed E-state index contributed by atoms with van der Waals surface area (Å²) in [5.41, 5.74) is 6.78. The quantitative estimate of drug-likeness (QED) is 0.813. The highest BCUT2D eigenvalue weighted by molar-refractivity contribution is 7.22. The molecule has 0 unspecified atom stereocenters. The number of aromatic nitrogens is 1. The summed E-state index contributed by atoms with van der Waals surface area (Å²) >= 11 is 1.68. The second-order valence-electron chi connectivity index (χ2n) is 2.94. The van der Waals surface area contributed by atoms with Crippen LogP contribution in [0, 0.1) is 0 Å². The highest BCUT2D eigenvalue weighted by Crippen LogP contribution is 2.32. The number of hydrogen-bond acceptors (Lipinski definition) is 4. The lowest BCUT2D eigenvalue weighted by Gasteiger charge is -2.02. The lowest BCUT2D eigenvalue weighted by molar-refractivity contribution is 0.185. The van der Waals surface area contributed by atoms with Gasteiger partial charge in [-0.25, -0.2) is 0 Å². The fourth-order valence-electron chi connectivity index (χ4n) is 1.45. The Kier molecular flexibility index (Phi) is 2.25. The van der Waals surface area contributed by atoms with E-state index in [-0.39, 0.29) is 0 Å². The first-order valence-electron chi connectivity index (χ1n) is 4.45. The molecule has 3 N–H and O–H groups in total. The van der Waals surface area contributed by atoms with Crippen LogP contribution in [-0.2, 0) is 0 Å². The van der Waals surface area contributed by atoms with Crippen molar-refractivity contribution in [2.24, 2.45) is 0 Å². The Hall–Kier alpha value is -1.36. The first-order chi connectivity index (χ1) is 6.76. The number of rotatable bonds is 3. The smallest absolute Gasteiger partial charge is 0.141 e. The van der Waals surface area contributed by atoms with Gasteiger partial charge in [0.05, 0.1) is 9.70 Å². The molecule has 0 aliphatic carbocycles. The summed E-state index contributed by atoms with van der Waals surface area (Å²) < 4.78 is 2.77. The predicted molar refractivity (Wildman–Crippen MR) is 60.9 cm³/mol. The molecule has 2 aromatic rings. The number of nitrogens with two attached hydrogens (primary N) is 1. The zero-order chi connectivity index (χ0) is 10.1. The Bertz CT molecular complexity index is 446. The van der Waals surface area contributed by atoms with Crippen molar-refractivity contribution in [3.05, 3.63) is 12.1 Å². The van der Waals surface area contributed by atoms with E-state index >= 15 is 0 Å². The van der Waals surface area contributed by atoms with Crippen molar-refractivity contribution in [1.82, 2.24) is 4.73 Å². The molecule has 0 atom stereocenters. The van der Waals surface area contributed by atoms with Crippen molar-refractivity contribution in [2.75, 3.05) is 24.7 Å². The molecule has 0 aromatic carbocycles. The van der Waals surface area contributed by atoms with Crippen LogP contribution in [0.5, 0.6) is 0 Å². The summed E-state index contributed by atoms with van der Waals surface area (Å²) in [5, 5.41) is 4.40. The number of nitrogens with zero attached hydrogens (tertiary/aromatic N) is 1. The molecule has 0 saturated carbocycles. The average molecular weight is 211 g/mol. The van der Waals surface area contributed by atoms with Crippen molar-refractivity contribution in [2.45, 2.75) is 6.92 Å². The highest BCUT2D eigenvalue weighted by Gasteiger charge is 2.09. The Labute approximate surface area is 86.2 Å². The van der Waals surface area contributed by atoms with Crippen molar-refractivity contribution >= 4 is 32.4 Å². The van der Waals surface area contributed by atoms with Crippen LogP contribution in [0.15, 0.2) is 12.1 Å². The van der Waals surface area contributed by atoms with Crippen LogP contribution >= 0.6 is 11.3 Å². The summed E-state index contributed by atoms with van der Waals surface area (Å²) in [7, 11) is 1.61. The summed E-state index contributed by atoms with van der Waals surface area (Å²) in [6.45, 7) is 2.99. The zero-order valence-electron chi connectivity index (χ0n) is 8.20. The lowest BCUT2D eigenvalue weighted by Crippen LogP contribution is -2.08. The normalized spacial score (nSPS) is 10.7. The zero-order valence-corrected chi connectivity index (χ0v) is 9.02. The van der Waals surface area contributed by atoms with Gasteiger partial charge in [-0.2, -0.15) is 4.73 Å². The van der Waals surface area contributed by atoms with Crippen molar-refractivity contribution < 1.29 is 4.84 Å². The van der Waals surface area contributed by atoms with E-state index in [0.717, 1.165) is 21.8 Å². The molecule has 4 nitrogen and oxygen atoms in total. The first-order valence-corrected chi connectivity index (χ1v) is 5.27. The van der Waals surface area contributed by atoms with Crippen molar-refractivity contribution in [1.29, 1.82) is 0 Å². The van der Waals surface area contributed by atoms with Crippen LogP contribution in [0.1, 0.15) is 6.92 Å². The molecule has 0 bridgehead atoms. The summed E-state index contributed by atoms with van der Waals surface area (Å²) in [6, 6.07) is 3.97. The second kappa shape index (κ2) is 3.42. The van der Waals surface area contributed by atoms with Crippen LogP contribution in [0.2, 0.25) is 0 Å². The highest BCUT2D eigenvalue weighted by atomic mass is 32.1. The third kappa shape index (κ3) is 1.29. The van der Waals surface area contributed by atoms with Crippen LogP contribution in [0.3, 0.4) is 0 Å². The minimum atomic E-state index is 0.636. The number of thiophene rings is 1. The first kappa shape index (κ1) is 9.21. The predicted octanol–water partition coefficient (Wildman–Crippen LogP) is 1.78. The largest absolute Gasteiger partial charge is 0.415 e. The molecule has 0 radical (unpaired) electrons. The Morgan fingerprint density at radius 1 is 1.57 bits per heavy atom. The van der Waals surface area contributed by atoms with Gasteiger partial charge in [0.25, 0.3) is 0 Å². The van der Waals surface area contributed by atoms with E-state index in [4.69, 9.17) is 10.6 Å². The van der Waals surface area contributed by atoms with E-state index in [1.165, 1.54) is 0 Å². The molecule has 0 saturated heterocycles. The second-order valence-corrected chi connectivity index (χ2v) is 4.02.